The Hall–Kier alpha value is -3.22. The van der Waals surface area contributed by atoms with Crippen LogP contribution in [0.2, 0.25) is 0 Å². The van der Waals surface area contributed by atoms with Gasteiger partial charge in [0.15, 0.2) is 0 Å². The van der Waals surface area contributed by atoms with Crippen LogP contribution < -0.4 is 4.90 Å². The van der Waals surface area contributed by atoms with Crippen LogP contribution in [-0.2, 0) is 20.1 Å². The minimum atomic E-state index is -1.59. The average molecular weight is 322 g/mol. The third kappa shape index (κ3) is 1.72. The van der Waals surface area contributed by atoms with E-state index >= 15 is 0 Å². The molecule has 24 heavy (non-hydrogen) atoms. The van der Waals surface area contributed by atoms with Crippen molar-refractivity contribution in [3.05, 3.63) is 59.9 Å². The average Bonchev–Trinajstić information content (AvgIpc) is 3.11. The van der Waals surface area contributed by atoms with Gasteiger partial charge in [-0.1, -0.05) is 18.2 Å². The van der Waals surface area contributed by atoms with Crippen molar-refractivity contribution in [1.29, 1.82) is 0 Å². The third-order valence-electron chi connectivity index (χ3n) is 4.18. The maximum atomic E-state index is 13.0. The first kappa shape index (κ1) is 14.4. The van der Waals surface area contributed by atoms with Crippen molar-refractivity contribution in [1.82, 2.24) is 9.99 Å². The SMILES string of the molecule is CC(=O)N1N=C(c2ccncc2)OC12C(=O)N(C)c1ccccc12. The molecule has 2 aromatic rings. The number of anilines is 1. The van der Waals surface area contributed by atoms with E-state index in [9.17, 15) is 9.59 Å². The molecule has 0 N–H and O–H groups in total. The van der Waals surface area contributed by atoms with Gasteiger partial charge in [0.25, 0.3) is 5.91 Å². The van der Waals surface area contributed by atoms with E-state index in [2.05, 4.69) is 10.1 Å². The maximum absolute atomic E-state index is 13.0. The van der Waals surface area contributed by atoms with Gasteiger partial charge in [-0.05, 0) is 18.2 Å². The van der Waals surface area contributed by atoms with Crippen LogP contribution in [0.3, 0.4) is 0 Å². The number of para-hydroxylation sites is 1. The molecule has 1 atom stereocenters. The van der Waals surface area contributed by atoms with Crippen LogP contribution in [0.25, 0.3) is 0 Å². The maximum Gasteiger partial charge on any atom is 0.314 e. The predicted molar refractivity (Wildman–Crippen MR) is 85.9 cm³/mol. The fourth-order valence-corrected chi connectivity index (χ4v) is 3.08. The summed E-state index contributed by atoms with van der Waals surface area (Å²) in [6, 6.07) is 10.7. The Morgan fingerprint density at radius 3 is 2.58 bits per heavy atom. The van der Waals surface area contributed by atoms with Crippen LogP contribution in [0.1, 0.15) is 18.1 Å². The van der Waals surface area contributed by atoms with E-state index in [-0.39, 0.29) is 17.7 Å². The smallest absolute Gasteiger partial charge is 0.314 e. The summed E-state index contributed by atoms with van der Waals surface area (Å²) in [5, 5.41) is 5.40. The summed E-state index contributed by atoms with van der Waals surface area (Å²) in [6.07, 6.45) is 3.20. The highest BCUT2D eigenvalue weighted by Crippen LogP contribution is 2.47. The third-order valence-corrected chi connectivity index (χ3v) is 4.18. The highest BCUT2D eigenvalue weighted by atomic mass is 16.6. The molecule has 7 nitrogen and oxygen atoms in total. The Kier molecular flexibility index (Phi) is 2.93. The van der Waals surface area contributed by atoms with Gasteiger partial charge in [-0.15, -0.1) is 5.10 Å². The summed E-state index contributed by atoms with van der Waals surface area (Å²) >= 11 is 0. The second kappa shape index (κ2) is 4.89. The van der Waals surface area contributed by atoms with Gasteiger partial charge in [-0.25, -0.2) is 0 Å². The molecule has 1 spiro atoms. The molecule has 2 aliphatic heterocycles. The highest BCUT2D eigenvalue weighted by molar-refractivity contribution is 6.11. The Labute approximate surface area is 138 Å². The molecule has 2 amide bonds. The lowest BCUT2D eigenvalue weighted by Crippen LogP contribution is -2.51. The number of rotatable bonds is 1. The molecule has 0 bridgehead atoms. The summed E-state index contributed by atoms with van der Waals surface area (Å²) in [5.74, 6) is -0.518. The number of carbonyl (C=O) groups excluding carboxylic acids is 2. The van der Waals surface area contributed by atoms with Crippen LogP contribution in [0.4, 0.5) is 5.69 Å². The number of hydrogen-bond donors (Lipinski definition) is 0. The Morgan fingerprint density at radius 2 is 1.88 bits per heavy atom. The van der Waals surface area contributed by atoms with Gasteiger partial charge in [0.2, 0.25) is 11.8 Å². The van der Waals surface area contributed by atoms with Crippen molar-refractivity contribution in [2.24, 2.45) is 5.10 Å². The number of ether oxygens (including phenoxy) is 1. The Morgan fingerprint density at radius 1 is 1.17 bits per heavy atom. The minimum absolute atomic E-state index is 0.214. The summed E-state index contributed by atoms with van der Waals surface area (Å²) in [4.78, 5) is 30.6. The van der Waals surface area contributed by atoms with Crippen molar-refractivity contribution < 1.29 is 14.3 Å². The quantitative estimate of drug-likeness (QED) is 0.796. The number of fused-ring (bicyclic) bond motifs is 2. The standard InChI is InChI=1S/C17H14N4O3/c1-11(22)21-17(24-15(19-21)12-7-9-18-10-8-12)13-5-3-4-6-14(13)20(2)16(17)23/h3-10H,1-2H3. The monoisotopic (exact) mass is 322 g/mol. The van der Waals surface area contributed by atoms with Crippen LogP contribution in [-0.4, -0.2) is 34.8 Å². The predicted octanol–water partition coefficient (Wildman–Crippen LogP) is 1.45. The number of hydrogen-bond acceptors (Lipinski definition) is 5. The van der Waals surface area contributed by atoms with Gasteiger partial charge < -0.3 is 9.64 Å². The number of nitrogens with zero attached hydrogens (tertiary/aromatic N) is 4. The molecular formula is C17H14N4O3. The second-order valence-electron chi connectivity index (χ2n) is 5.60. The van der Waals surface area contributed by atoms with Gasteiger partial charge >= 0.3 is 5.72 Å². The van der Waals surface area contributed by atoms with Crippen LogP contribution >= 0.6 is 0 Å². The van der Waals surface area contributed by atoms with E-state index in [0.717, 1.165) is 5.01 Å². The topological polar surface area (TPSA) is 75.1 Å². The van der Waals surface area contributed by atoms with Crippen molar-refractivity contribution in [3.63, 3.8) is 0 Å². The minimum Gasteiger partial charge on any atom is -0.433 e. The van der Waals surface area contributed by atoms with Crippen molar-refractivity contribution >= 4 is 23.4 Å². The number of aromatic nitrogens is 1. The van der Waals surface area contributed by atoms with Gasteiger partial charge in [0.1, 0.15) is 0 Å². The van der Waals surface area contributed by atoms with Crippen LogP contribution in [0, 0.1) is 0 Å². The van der Waals surface area contributed by atoms with Crippen molar-refractivity contribution in [3.8, 4) is 0 Å². The molecule has 1 aromatic heterocycles. The first-order valence-corrected chi connectivity index (χ1v) is 7.42. The van der Waals surface area contributed by atoms with E-state index in [1.54, 1.807) is 43.7 Å². The Balaban J connectivity index is 1.90. The number of amides is 2. The molecule has 1 unspecified atom stereocenters. The number of carbonyl (C=O) groups is 2. The number of pyridine rings is 1. The number of benzene rings is 1. The summed E-state index contributed by atoms with van der Waals surface area (Å²) in [7, 11) is 1.65. The van der Waals surface area contributed by atoms with Crippen LogP contribution in [0.5, 0.6) is 0 Å². The van der Waals surface area contributed by atoms with E-state index in [1.807, 2.05) is 12.1 Å². The molecular weight excluding hydrogens is 308 g/mol. The molecule has 0 aliphatic carbocycles. The van der Waals surface area contributed by atoms with Crippen molar-refractivity contribution in [2.75, 3.05) is 11.9 Å². The summed E-state index contributed by atoms with van der Waals surface area (Å²) < 4.78 is 6.02. The zero-order valence-corrected chi connectivity index (χ0v) is 13.1. The Bertz CT molecular complexity index is 880. The lowest BCUT2D eigenvalue weighted by atomic mass is 10.0. The molecule has 4 rings (SSSR count). The van der Waals surface area contributed by atoms with Gasteiger partial charge in [0, 0.05) is 31.9 Å². The molecule has 120 valence electrons. The molecule has 0 saturated heterocycles. The highest BCUT2D eigenvalue weighted by Gasteiger charge is 2.61. The second-order valence-corrected chi connectivity index (χ2v) is 5.60. The molecule has 3 heterocycles. The largest absolute Gasteiger partial charge is 0.433 e. The van der Waals surface area contributed by atoms with Crippen LogP contribution in [0.15, 0.2) is 53.9 Å². The van der Waals surface area contributed by atoms with E-state index < -0.39 is 5.72 Å². The van der Waals surface area contributed by atoms with Crippen molar-refractivity contribution in [2.45, 2.75) is 12.6 Å². The fraction of sp³-hybridized carbons (Fsp3) is 0.176. The first-order valence-electron chi connectivity index (χ1n) is 7.42. The van der Waals surface area contributed by atoms with Gasteiger partial charge in [0.05, 0.1) is 11.3 Å². The lowest BCUT2D eigenvalue weighted by molar-refractivity contribution is -0.161. The molecule has 0 saturated carbocycles. The van der Waals surface area contributed by atoms with E-state index in [4.69, 9.17) is 4.74 Å². The zero-order chi connectivity index (χ0) is 16.9. The van der Waals surface area contributed by atoms with Gasteiger partial charge in [-0.3, -0.25) is 14.6 Å². The molecule has 0 fully saturated rings. The number of likely N-dealkylation sites (N-methyl/N-ethyl adjacent to an activating group) is 1. The summed E-state index contributed by atoms with van der Waals surface area (Å²) in [5.41, 5.74) is 0.351. The normalized spacial score (nSPS) is 21.8. The molecule has 0 radical (unpaired) electrons. The fourth-order valence-electron chi connectivity index (χ4n) is 3.08. The zero-order valence-electron chi connectivity index (χ0n) is 13.1. The summed E-state index contributed by atoms with van der Waals surface area (Å²) in [6.45, 7) is 1.36. The molecule has 2 aliphatic rings. The van der Waals surface area contributed by atoms with E-state index in [1.165, 1.54) is 11.8 Å². The van der Waals surface area contributed by atoms with E-state index in [0.29, 0.717) is 16.8 Å². The number of hydrazone groups is 1. The lowest BCUT2D eigenvalue weighted by Gasteiger charge is -2.28. The van der Waals surface area contributed by atoms with Gasteiger partial charge in [-0.2, -0.15) is 5.01 Å². The molecule has 7 heteroatoms. The first-order chi connectivity index (χ1) is 11.6. The molecule has 1 aromatic carbocycles.